The first kappa shape index (κ1) is 26.4. The van der Waals surface area contributed by atoms with Gasteiger partial charge in [-0.25, -0.2) is 0 Å². The zero-order valence-corrected chi connectivity index (χ0v) is 20.1. The van der Waals surface area contributed by atoms with Crippen LogP contribution in [-0.4, -0.2) is 32.0 Å². The summed E-state index contributed by atoms with van der Waals surface area (Å²) in [6.07, 6.45) is 1.93. The third-order valence-electron chi connectivity index (χ3n) is 4.67. The van der Waals surface area contributed by atoms with Crippen molar-refractivity contribution in [1.29, 1.82) is 0 Å². The van der Waals surface area contributed by atoms with E-state index in [9.17, 15) is 4.79 Å². The third-order valence-corrected chi connectivity index (χ3v) is 5.83. The number of hydrogen-bond acceptors (Lipinski definition) is 5. The molecule has 0 fully saturated rings. The Hall–Kier alpha value is -1.66. The molecule has 30 heavy (non-hydrogen) atoms. The van der Waals surface area contributed by atoms with Gasteiger partial charge < -0.3 is 20.4 Å². The van der Waals surface area contributed by atoms with Crippen LogP contribution in [-0.2, 0) is 0 Å². The van der Waals surface area contributed by atoms with Crippen molar-refractivity contribution in [3.05, 3.63) is 42.0 Å². The van der Waals surface area contributed by atoms with Gasteiger partial charge in [0.25, 0.3) is 0 Å². The summed E-state index contributed by atoms with van der Waals surface area (Å²) >= 11 is 0. The first-order valence-electron chi connectivity index (χ1n) is 9.93. The molecule has 0 aliphatic heterocycles. The van der Waals surface area contributed by atoms with Crippen molar-refractivity contribution in [2.24, 2.45) is 0 Å². The minimum atomic E-state index is -0.133. The van der Waals surface area contributed by atoms with Crippen LogP contribution in [0.25, 0.3) is 0 Å². The number of ether oxygens (including phenoxy) is 4. The maximum atomic E-state index is 13.2. The summed E-state index contributed by atoms with van der Waals surface area (Å²) in [5.74, 6) is 2.43. The monoisotopic (exact) mass is 426 g/mol. The Labute approximate surface area is 195 Å². The van der Waals surface area contributed by atoms with E-state index in [1.54, 1.807) is 32.4 Å². The Morgan fingerprint density at radius 3 is 2.03 bits per heavy atom. The van der Waals surface area contributed by atoms with Crippen LogP contribution in [0.1, 0.15) is 52.3 Å². The van der Waals surface area contributed by atoms with Gasteiger partial charge in [0.05, 0.1) is 26.4 Å². The topological polar surface area (TPSA) is 54.0 Å². The van der Waals surface area contributed by atoms with Crippen molar-refractivity contribution in [1.82, 2.24) is 0 Å². The van der Waals surface area contributed by atoms with Crippen LogP contribution in [0.3, 0.4) is 0 Å². The van der Waals surface area contributed by atoms with E-state index in [2.05, 4.69) is 13.8 Å². The molecular formula is C23H32LiO5P. The smallest absolute Gasteiger partial charge is 1.00 e. The predicted molar refractivity (Wildman–Crippen MR) is 120 cm³/mol. The largest absolute Gasteiger partial charge is 1.00 e. The molecule has 2 aromatic carbocycles. The quantitative estimate of drug-likeness (QED) is 0.408. The standard InChI is InChI=1S/C23H31O5P.Li.H/c1-7-15(3)27-17-12-13-21(20(14-17)28-16(4)8-2)29-23(24)22-18(25-5)10-9-11-19(22)26-6;;/h9-16,29H,7-8H2,1-6H3;;/q;+1;-1. The van der Waals surface area contributed by atoms with Crippen LogP contribution in [0.2, 0.25) is 0 Å². The first-order chi connectivity index (χ1) is 13.9. The van der Waals surface area contributed by atoms with Crippen LogP contribution in [0.4, 0.5) is 0 Å². The van der Waals surface area contributed by atoms with Gasteiger partial charge in [-0.2, -0.15) is 0 Å². The molecule has 3 unspecified atom stereocenters. The Morgan fingerprint density at radius 2 is 1.50 bits per heavy atom. The fraction of sp³-hybridized carbons (Fsp3) is 0.435. The van der Waals surface area contributed by atoms with Gasteiger partial charge in [-0.05, 0) is 59.5 Å². The van der Waals surface area contributed by atoms with Crippen LogP contribution in [0.5, 0.6) is 23.0 Å². The summed E-state index contributed by atoms with van der Waals surface area (Å²) in [5, 5.41) is 0.833. The zero-order chi connectivity index (χ0) is 21.4. The van der Waals surface area contributed by atoms with E-state index < -0.39 is 0 Å². The fourth-order valence-electron chi connectivity index (χ4n) is 2.65. The molecule has 0 heterocycles. The van der Waals surface area contributed by atoms with Gasteiger partial charge in [0, 0.05) is 11.4 Å². The van der Waals surface area contributed by atoms with Gasteiger partial charge in [-0.1, -0.05) is 19.9 Å². The van der Waals surface area contributed by atoms with Crippen LogP contribution in [0.15, 0.2) is 36.4 Å². The molecule has 160 valence electrons. The van der Waals surface area contributed by atoms with Crippen LogP contribution < -0.4 is 43.1 Å². The van der Waals surface area contributed by atoms with E-state index in [1.807, 2.05) is 32.0 Å². The molecule has 7 heteroatoms. The van der Waals surface area contributed by atoms with Gasteiger partial charge in [0.15, 0.2) is 5.52 Å². The maximum absolute atomic E-state index is 13.2. The summed E-state index contributed by atoms with van der Waals surface area (Å²) in [4.78, 5) is 13.2. The molecule has 0 N–H and O–H groups in total. The minimum absolute atomic E-state index is 0. The average Bonchev–Trinajstić information content (AvgIpc) is 2.74. The second kappa shape index (κ2) is 12.9. The molecule has 0 spiro atoms. The van der Waals surface area contributed by atoms with Crippen molar-refractivity contribution in [2.45, 2.75) is 52.7 Å². The molecule has 0 bridgehead atoms. The summed E-state index contributed by atoms with van der Waals surface area (Å²) in [5.41, 5.74) is 0.383. The third kappa shape index (κ3) is 6.95. The van der Waals surface area contributed by atoms with Gasteiger partial charge in [0.1, 0.15) is 28.6 Å². The van der Waals surface area contributed by atoms with Crippen LogP contribution >= 0.6 is 8.58 Å². The van der Waals surface area contributed by atoms with Crippen molar-refractivity contribution in [3.63, 3.8) is 0 Å². The molecular weight excluding hydrogens is 394 g/mol. The van der Waals surface area contributed by atoms with E-state index in [-0.39, 0.29) is 46.6 Å². The number of rotatable bonds is 11. The predicted octanol–water partition coefficient (Wildman–Crippen LogP) is 2.32. The summed E-state index contributed by atoms with van der Waals surface area (Å²) in [6, 6.07) is 11.0. The second-order valence-electron chi connectivity index (χ2n) is 6.82. The summed E-state index contributed by atoms with van der Waals surface area (Å²) < 4.78 is 22.8. The maximum Gasteiger partial charge on any atom is 1.00 e. The number of hydrogen-bond donors (Lipinski definition) is 0. The Balaban J connectivity index is 0.00000450. The van der Waals surface area contributed by atoms with E-state index in [1.165, 1.54) is 0 Å². The molecule has 0 radical (unpaired) electrons. The van der Waals surface area contributed by atoms with Gasteiger partial charge in [-0.15, -0.1) is 0 Å². The van der Waals surface area contributed by atoms with Gasteiger partial charge >= 0.3 is 18.9 Å². The minimum Gasteiger partial charge on any atom is -1.00 e. The zero-order valence-electron chi connectivity index (χ0n) is 20.1. The fourth-order valence-corrected chi connectivity index (χ4v) is 3.69. The average molecular weight is 426 g/mol. The molecule has 3 atom stereocenters. The molecule has 0 saturated heterocycles. The Morgan fingerprint density at radius 1 is 0.933 bits per heavy atom. The Kier molecular flexibility index (Phi) is 11.3. The van der Waals surface area contributed by atoms with E-state index in [0.717, 1.165) is 23.9 Å². The number of carbonyl (C=O) groups excluding carboxylic acids is 1. The van der Waals surface area contributed by atoms with Crippen molar-refractivity contribution in [2.75, 3.05) is 14.2 Å². The number of benzene rings is 2. The number of carbonyl (C=O) groups is 1. The molecule has 5 nitrogen and oxygen atoms in total. The van der Waals surface area contributed by atoms with Gasteiger partial charge in [-0.3, -0.25) is 4.79 Å². The summed E-state index contributed by atoms with van der Waals surface area (Å²) in [6.45, 7) is 8.19. The van der Waals surface area contributed by atoms with Crippen molar-refractivity contribution < 1.29 is 44.0 Å². The first-order valence-corrected chi connectivity index (χ1v) is 10.9. The molecule has 0 aliphatic rings. The van der Waals surface area contributed by atoms with Gasteiger partial charge in [0.2, 0.25) is 0 Å². The normalized spacial score (nSPS) is 12.7. The van der Waals surface area contributed by atoms with Crippen molar-refractivity contribution in [3.8, 4) is 23.0 Å². The van der Waals surface area contributed by atoms with E-state index >= 15 is 0 Å². The molecule has 0 aliphatic carbocycles. The second-order valence-corrected chi connectivity index (χ2v) is 8.07. The number of methoxy groups -OCH3 is 2. The van der Waals surface area contributed by atoms with E-state index in [4.69, 9.17) is 18.9 Å². The summed E-state index contributed by atoms with van der Waals surface area (Å²) in [7, 11) is 2.96. The molecule has 2 rings (SSSR count). The molecule has 0 aromatic heterocycles. The molecule has 0 amide bonds. The van der Waals surface area contributed by atoms with E-state index in [0.29, 0.717) is 22.8 Å². The molecule has 0 saturated carbocycles. The van der Waals surface area contributed by atoms with Crippen molar-refractivity contribution >= 4 is 19.4 Å². The Bertz CT molecular complexity index is 811. The SMILES string of the molecule is CCC(C)Oc1ccc(PC(=O)c2c(OC)cccc2OC)c(OC(C)CC)c1.[H-].[Li+]. The molecule has 2 aromatic rings. The van der Waals surface area contributed by atoms with Crippen LogP contribution in [0, 0.1) is 0 Å².